The molecule has 0 saturated heterocycles. The molecule has 0 fully saturated rings. The van der Waals surface area contributed by atoms with Gasteiger partial charge in [0.1, 0.15) is 0 Å². The summed E-state index contributed by atoms with van der Waals surface area (Å²) in [5.41, 5.74) is 0.454. The number of alkyl halides is 2. The third kappa shape index (κ3) is 2.54. The zero-order valence-corrected chi connectivity index (χ0v) is 8.79. The van der Waals surface area contributed by atoms with E-state index >= 15 is 0 Å². The maximum absolute atomic E-state index is 12.2. The van der Waals surface area contributed by atoms with E-state index in [0.29, 0.717) is 5.56 Å². The van der Waals surface area contributed by atoms with Crippen LogP contribution in [0.3, 0.4) is 0 Å². The van der Waals surface area contributed by atoms with Crippen LogP contribution in [0.25, 0.3) is 0 Å². The Bertz CT molecular complexity index is 385. The molecular formula is C11H10F2O3. The summed E-state index contributed by atoms with van der Waals surface area (Å²) in [5.74, 6) is 2.39. The molecule has 0 aliphatic carbocycles. The lowest BCUT2D eigenvalue weighted by Gasteiger charge is -2.13. The second-order valence-corrected chi connectivity index (χ2v) is 2.73. The van der Waals surface area contributed by atoms with E-state index in [-0.39, 0.29) is 17.2 Å². The van der Waals surface area contributed by atoms with Crippen LogP contribution in [-0.2, 0) is 0 Å². The number of rotatable bonds is 4. The van der Waals surface area contributed by atoms with Crippen LogP contribution in [0.15, 0.2) is 12.1 Å². The van der Waals surface area contributed by atoms with Crippen molar-refractivity contribution >= 4 is 0 Å². The van der Waals surface area contributed by atoms with Gasteiger partial charge in [0.2, 0.25) is 5.75 Å². The van der Waals surface area contributed by atoms with E-state index in [1.54, 1.807) is 0 Å². The van der Waals surface area contributed by atoms with E-state index in [9.17, 15) is 8.78 Å². The Morgan fingerprint density at radius 1 is 1.19 bits per heavy atom. The van der Waals surface area contributed by atoms with Crippen molar-refractivity contribution in [1.29, 1.82) is 0 Å². The minimum atomic E-state index is -2.96. The lowest BCUT2D eigenvalue weighted by atomic mass is 10.2. The fourth-order valence-electron chi connectivity index (χ4n) is 1.17. The highest BCUT2D eigenvalue weighted by molar-refractivity contribution is 5.57. The van der Waals surface area contributed by atoms with Gasteiger partial charge in [-0.05, 0) is 12.1 Å². The highest BCUT2D eigenvalue weighted by atomic mass is 19.3. The molecule has 0 spiro atoms. The molecule has 0 aliphatic heterocycles. The fraction of sp³-hybridized carbons (Fsp3) is 0.273. The van der Waals surface area contributed by atoms with Gasteiger partial charge >= 0.3 is 6.61 Å². The maximum atomic E-state index is 12.2. The third-order valence-corrected chi connectivity index (χ3v) is 1.83. The standard InChI is InChI=1S/C11H10F2O3/c1-4-7-5-8(14-2)10(16-11(12)13)9(6-7)15-3/h1,5-6,11H,2-3H3. The van der Waals surface area contributed by atoms with E-state index in [1.807, 2.05) is 0 Å². The fourth-order valence-corrected chi connectivity index (χ4v) is 1.17. The number of hydrogen-bond acceptors (Lipinski definition) is 3. The van der Waals surface area contributed by atoms with E-state index in [1.165, 1.54) is 26.4 Å². The van der Waals surface area contributed by atoms with E-state index < -0.39 is 6.61 Å². The predicted molar refractivity (Wildman–Crippen MR) is 54.1 cm³/mol. The number of halogens is 2. The molecule has 1 aromatic rings. The molecular weight excluding hydrogens is 218 g/mol. The molecule has 0 radical (unpaired) electrons. The Morgan fingerprint density at radius 2 is 1.69 bits per heavy atom. The number of methoxy groups -OCH3 is 2. The van der Waals surface area contributed by atoms with Crippen LogP contribution < -0.4 is 14.2 Å². The number of benzene rings is 1. The zero-order valence-electron chi connectivity index (χ0n) is 8.79. The molecule has 86 valence electrons. The summed E-state index contributed by atoms with van der Waals surface area (Å²) in [6.07, 6.45) is 5.20. The number of ether oxygens (including phenoxy) is 3. The highest BCUT2D eigenvalue weighted by Crippen LogP contribution is 2.39. The molecule has 0 bridgehead atoms. The van der Waals surface area contributed by atoms with Gasteiger partial charge in [0.05, 0.1) is 14.2 Å². The van der Waals surface area contributed by atoms with E-state index in [2.05, 4.69) is 10.7 Å². The number of terminal acetylenes is 1. The largest absolute Gasteiger partial charge is 0.493 e. The summed E-state index contributed by atoms with van der Waals surface area (Å²) in [7, 11) is 2.65. The summed E-state index contributed by atoms with van der Waals surface area (Å²) < 4.78 is 38.4. The van der Waals surface area contributed by atoms with Crippen molar-refractivity contribution in [3.8, 4) is 29.6 Å². The first-order chi connectivity index (χ1) is 7.62. The van der Waals surface area contributed by atoms with Crippen molar-refractivity contribution < 1.29 is 23.0 Å². The Hall–Kier alpha value is -1.96. The summed E-state index contributed by atoms with van der Waals surface area (Å²) in [6, 6.07) is 2.83. The SMILES string of the molecule is C#Cc1cc(OC)c(OC(F)F)c(OC)c1. The first kappa shape index (κ1) is 12.1. The van der Waals surface area contributed by atoms with E-state index in [0.717, 1.165) is 0 Å². The molecule has 0 atom stereocenters. The molecule has 16 heavy (non-hydrogen) atoms. The molecule has 0 aromatic heterocycles. The van der Waals surface area contributed by atoms with Gasteiger partial charge < -0.3 is 14.2 Å². The van der Waals surface area contributed by atoms with Gasteiger partial charge in [-0.25, -0.2) is 0 Å². The van der Waals surface area contributed by atoms with Gasteiger partial charge in [0, 0.05) is 5.56 Å². The molecule has 0 heterocycles. The van der Waals surface area contributed by atoms with Gasteiger partial charge in [0.15, 0.2) is 11.5 Å². The Kier molecular flexibility index (Phi) is 3.95. The Labute approximate surface area is 91.9 Å². The maximum Gasteiger partial charge on any atom is 0.387 e. The molecule has 0 unspecified atom stereocenters. The predicted octanol–water partition coefficient (Wildman–Crippen LogP) is 2.29. The van der Waals surface area contributed by atoms with Crippen LogP contribution in [0.4, 0.5) is 8.78 Å². The Balaban J connectivity index is 3.27. The molecule has 5 heteroatoms. The number of hydrogen-bond donors (Lipinski definition) is 0. The van der Waals surface area contributed by atoms with Crippen molar-refractivity contribution in [2.45, 2.75) is 6.61 Å². The van der Waals surface area contributed by atoms with Gasteiger partial charge in [-0.2, -0.15) is 8.78 Å². The lowest BCUT2D eigenvalue weighted by molar-refractivity contribution is -0.0526. The summed E-state index contributed by atoms with van der Waals surface area (Å²) in [4.78, 5) is 0. The monoisotopic (exact) mass is 228 g/mol. The second kappa shape index (κ2) is 5.21. The van der Waals surface area contributed by atoms with Crippen LogP contribution in [0.5, 0.6) is 17.2 Å². The smallest absolute Gasteiger partial charge is 0.387 e. The topological polar surface area (TPSA) is 27.7 Å². The molecule has 3 nitrogen and oxygen atoms in total. The van der Waals surface area contributed by atoms with Crippen LogP contribution in [0.2, 0.25) is 0 Å². The first-order valence-corrected chi connectivity index (χ1v) is 4.29. The van der Waals surface area contributed by atoms with Gasteiger partial charge in [-0.3, -0.25) is 0 Å². The zero-order chi connectivity index (χ0) is 12.1. The van der Waals surface area contributed by atoms with Crippen molar-refractivity contribution in [2.24, 2.45) is 0 Å². The molecule has 0 saturated carbocycles. The molecule has 1 aromatic carbocycles. The van der Waals surface area contributed by atoms with Crippen molar-refractivity contribution in [3.63, 3.8) is 0 Å². The average molecular weight is 228 g/mol. The lowest BCUT2D eigenvalue weighted by Crippen LogP contribution is -2.05. The van der Waals surface area contributed by atoms with Crippen LogP contribution in [-0.4, -0.2) is 20.8 Å². The van der Waals surface area contributed by atoms with Gasteiger partial charge in [-0.15, -0.1) is 6.42 Å². The van der Waals surface area contributed by atoms with Crippen molar-refractivity contribution in [1.82, 2.24) is 0 Å². The van der Waals surface area contributed by atoms with Crippen molar-refractivity contribution in [2.75, 3.05) is 14.2 Å². The summed E-state index contributed by atoms with van der Waals surface area (Å²) in [6.45, 7) is -2.96. The summed E-state index contributed by atoms with van der Waals surface area (Å²) >= 11 is 0. The van der Waals surface area contributed by atoms with Crippen molar-refractivity contribution in [3.05, 3.63) is 17.7 Å². The van der Waals surface area contributed by atoms with E-state index in [4.69, 9.17) is 15.9 Å². The molecule has 0 N–H and O–H groups in total. The first-order valence-electron chi connectivity index (χ1n) is 4.29. The minimum absolute atomic E-state index is 0.104. The van der Waals surface area contributed by atoms with Crippen LogP contribution >= 0.6 is 0 Å². The minimum Gasteiger partial charge on any atom is -0.493 e. The van der Waals surface area contributed by atoms with Crippen LogP contribution in [0.1, 0.15) is 5.56 Å². The normalized spacial score (nSPS) is 9.75. The second-order valence-electron chi connectivity index (χ2n) is 2.73. The quantitative estimate of drug-likeness (QED) is 0.740. The van der Waals surface area contributed by atoms with Gasteiger partial charge in [0.25, 0.3) is 0 Å². The molecule has 0 amide bonds. The molecule has 0 aliphatic rings. The molecule has 1 rings (SSSR count). The average Bonchev–Trinajstić information content (AvgIpc) is 2.28. The van der Waals surface area contributed by atoms with Crippen LogP contribution in [0, 0.1) is 12.3 Å². The van der Waals surface area contributed by atoms with Gasteiger partial charge in [-0.1, -0.05) is 5.92 Å². The third-order valence-electron chi connectivity index (χ3n) is 1.83. The highest BCUT2D eigenvalue weighted by Gasteiger charge is 2.17. The Morgan fingerprint density at radius 3 is 2.00 bits per heavy atom. The summed E-state index contributed by atoms with van der Waals surface area (Å²) in [5, 5.41) is 0.